The van der Waals surface area contributed by atoms with E-state index in [0.29, 0.717) is 0 Å². The molecule has 0 amide bonds. The van der Waals surface area contributed by atoms with E-state index in [4.69, 9.17) is 0 Å². The normalized spacial score (nSPS) is 15.3. The van der Waals surface area contributed by atoms with Crippen molar-refractivity contribution in [1.82, 2.24) is 15.3 Å². The lowest BCUT2D eigenvalue weighted by molar-refractivity contribution is 0.589. The summed E-state index contributed by atoms with van der Waals surface area (Å²) in [5, 5.41) is 3.34. The second-order valence-corrected chi connectivity index (χ2v) is 5.04. The topological polar surface area (TPSA) is 61.0 Å². The molecule has 1 aromatic carbocycles. The van der Waals surface area contributed by atoms with Gasteiger partial charge in [-0.2, -0.15) is 4.98 Å². The Bertz CT molecular complexity index is 642. The lowest BCUT2D eigenvalue weighted by Gasteiger charge is -2.29. The van der Waals surface area contributed by atoms with Gasteiger partial charge in [-0.25, -0.2) is 4.79 Å². The predicted octanol–water partition coefficient (Wildman–Crippen LogP) is 1.15. The maximum absolute atomic E-state index is 11.4. The third-order valence-corrected chi connectivity index (χ3v) is 3.52. The summed E-state index contributed by atoms with van der Waals surface area (Å²) < 4.78 is 0. The van der Waals surface area contributed by atoms with Crippen LogP contribution in [0.1, 0.15) is 5.69 Å². The van der Waals surface area contributed by atoms with Crippen molar-refractivity contribution in [1.29, 1.82) is 0 Å². The van der Waals surface area contributed by atoms with Gasteiger partial charge in [-0.15, -0.1) is 0 Å². The zero-order valence-electron chi connectivity index (χ0n) is 11.5. The van der Waals surface area contributed by atoms with Crippen molar-refractivity contribution in [2.75, 3.05) is 31.1 Å². The SMILES string of the molecule is Cc1cc(-c2ccc(N3CCNCC3)cc2)nc(=O)[nH]1. The molecule has 0 atom stereocenters. The number of anilines is 1. The number of aromatic amines is 1. The quantitative estimate of drug-likeness (QED) is 0.859. The maximum Gasteiger partial charge on any atom is 0.345 e. The Balaban J connectivity index is 1.86. The second kappa shape index (κ2) is 5.46. The van der Waals surface area contributed by atoms with Crippen LogP contribution in [0.15, 0.2) is 35.1 Å². The van der Waals surface area contributed by atoms with Crippen molar-refractivity contribution >= 4 is 5.69 Å². The summed E-state index contributed by atoms with van der Waals surface area (Å²) in [4.78, 5) is 20.4. The molecule has 0 unspecified atom stereocenters. The number of nitrogens with zero attached hydrogens (tertiary/aromatic N) is 2. The van der Waals surface area contributed by atoms with Gasteiger partial charge in [0.1, 0.15) is 0 Å². The lowest BCUT2D eigenvalue weighted by atomic mass is 10.1. The second-order valence-electron chi connectivity index (χ2n) is 5.04. The Morgan fingerprint density at radius 3 is 2.50 bits per heavy atom. The first kappa shape index (κ1) is 12.9. The third kappa shape index (κ3) is 2.72. The van der Waals surface area contributed by atoms with Crippen LogP contribution in [0.4, 0.5) is 5.69 Å². The summed E-state index contributed by atoms with van der Waals surface area (Å²) in [6.07, 6.45) is 0. The van der Waals surface area contributed by atoms with Crippen LogP contribution in [-0.2, 0) is 0 Å². The van der Waals surface area contributed by atoms with E-state index in [1.54, 1.807) is 0 Å². The number of aryl methyl sites for hydroxylation is 1. The average Bonchev–Trinajstić information content (AvgIpc) is 2.47. The van der Waals surface area contributed by atoms with Gasteiger partial charge in [0.15, 0.2) is 0 Å². The Labute approximate surface area is 117 Å². The molecule has 1 aliphatic rings. The average molecular weight is 270 g/mol. The molecule has 0 bridgehead atoms. The number of H-pyrrole nitrogens is 1. The van der Waals surface area contributed by atoms with Gasteiger partial charge >= 0.3 is 5.69 Å². The molecule has 0 radical (unpaired) electrons. The Hall–Kier alpha value is -2.14. The van der Waals surface area contributed by atoms with E-state index in [2.05, 4.69) is 32.3 Å². The van der Waals surface area contributed by atoms with E-state index in [1.165, 1.54) is 5.69 Å². The van der Waals surface area contributed by atoms with Crippen molar-refractivity contribution in [3.05, 3.63) is 46.5 Å². The zero-order chi connectivity index (χ0) is 13.9. The minimum atomic E-state index is -0.300. The first-order valence-corrected chi connectivity index (χ1v) is 6.86. The van der Waals surface area contributed by atoms with Gasteiger partial charge in [0.2, 0.25) is 0 Å². The Morgan fingerprint density at radius 1 is 1.15 bits per heavy atom. The Kier molecular flexibility index (Phi) is 3.52. The summed E-state index contributed by atoms with van der Waals surface area (Å²) in [6, 6.07) is 10.1. The standard InChI is InChI=1S/C15H18N4O/c1-11-10-14(18-15(20)17-11)12-2-4-13(5-3-12)19-8-6-16-7-9-19/h2-5,10,16H,6-9H2,1H3,(H,17,18,20). The van der Waals surface area contributed by atoms with Gasteiger partial charge < -0.3 is 15.2 Å². The number of rotatable bonds is 2. The highest BCUT2D eigenvalue weighted by atomic mass is 16.1. The number of piperazine rings is 1. The minimum Gasteiger partial charge on any atom is -0.369 e. The number of benzene rings is 1. The summed E-state index contributed by atoms with van der Waals surface area (Å²) in [7, 11) is 0. The number of hydrogen-bond acceptors (Lipinski definition) is 4. The molecule has 2 N–H and O–H groups in total. The summed E-state index contributed by atoms with van der Waals surface area (Å²) in [5.41, 5.74) is 3.44. The molecule has 2 heterocycles. The molecule has 0 spiro atoms. The molecule has 1 saturated heterocycles. The molecule has 1 aliphatic heterocycles. The van der Waals surface area contributed by atoms with Gasteiger partial charge in [-0.1, -0.05) is 12.1 Å². The van der Waals surface area contributed by atoms with E-state index in [-0.39, 0.29) is 5.69 Å². The van der Waals surface area contributed by atoms with Crippen molar-refractivity contribution in [3.63, 3.8) is 0 Å². The van der Waals surface area contributed by atoms with Gasteiger partial charge in [0.05, 0.1) is 5.69 Å². The summed E-state index contributed by atoms with van der Waals surface area (Å²) in [6.45, 7) is 5.97. The summed E-state index contributed by atoms with van der Waals surface area (Å²) in [5.74, 6) is 0. The number of aromatic nitrogens is 2. The molecule has 5 nitrogen and oxygen atoms in total. The van der Waals surface area contributed by atoms with Crippen LogP contribution in [0.25, 0.3) is 11.3 Å². The minimum absolute atomic E-state index is 0.300. The van der Waals surface area contributed by atoms with Crippen LogP contribution in [0, 0.1) is 6.92 Å². The fourth-order valence-electron chi connectivity index (χ4n) is 2.49. The van der Waals surface area contributed by atoms with Gasteiger partial charge in [0.25, 0.3) is 0 Å². The van der Waals surface area contributed by atoms with Crippen LogP contribution in [0.2, 0.25) is 0 Å². The molecule has 0 saturated carbocycles. The van der Waals surface area contributed by atoms with Crippen molar-refractivity contribution in [3.8, 4) is 11.3 Å². The summed E-state index contributed by atoms with van der Waals surface area (Å²) >= 11 is 0. The predicted molar refractivity (Wildman–Crippen MR) is 80.1 cm³/mol. The molecule has 20 heavy (non-hydrogen) atoms. The monoisotopic (exact) mass is 270 g/mol. The van der Waals surface area contributed by atoms with Crippen molar-refractivity contribution < 1.29 is 0 Å². The highest BCUT2D eigenvalue weighted by molar-refractivity contribution is 5.63. The molecule has 0 aliphatic carbocycles. The largest absolute Gasteiger partial charge is 0.369 e. The van der Waals surface area contributed by atoms with Crippen molar-refractivity contribution in [2.24, 2.45) is 0 Å². The van der Waals surface area contributed by atoms with Gasteiger partial charge in [-0.05, 0) is 25.1 Å². The van der Waals surface area contributed by atoms with E-state index >= 15 is 0 Å². The third-order valence-electron chi connectivity index (χ3n) is 3.52. The van der Waals surface area contributed by atoms with E-state index in [0.717, 1.165) is 43.1 Å². The van der Waals surface area contributed by atoms with E-state index in [1.807, 2.05) is 25.1 Å². The zero-order valence-corrected chi connectivity index (χ0v) is 11.5. The van der Waals surface area contributed by atoms with Crippen LogP contribution in [0.5, 0.6) is 0 Å². The van der Waals surface area contributed by atoms with Crippen LogP contribution in [-0.4, -0.2) is 36.1 Å². The van der Waals surface area contributed by atoms with Gasteiger partial charge in [-0.3, -0.25) is 0 Å². The maximum atomic E-state index is 11.4. The highest BCUT2D eigenvalue weighted by Gasteiger charge is 2.10. The first-order chi connectivity index (χ1) is 9.72. The lowest BCUT2D eigenvalue weighted by Crippen LogP contribution is -2.43. The van der Waals surface area contributed by atoms with Crippen LogP contribution in [0.3, 0.4) is 0 Å². The van der Waals surface area contributed by atoms with E-state index < -0.39 is 0 Å². The number of nitrogens with one attached hydrogen (secondary N) is 2. The highest BCUT2D eigenvalue weighted by Crippen LogP contribution is 2.21. The first-order valence-electron chi connectivity index (χ1n) is 6.86. The molecule has 5 heteroatoms. The molecule has 2 aromatic rings. The van der Waals surface area contributed by atoms with Crippen LogP contribution >= 0.6 is 0 Å². The molecular weight excluding hydrogens is 252 g/mol. The fourth-order valence-corrected chi connectivity index (χ4v) is 2.49. The number of hydrogen-bond donors (Lipinski definition) is 2. The van der Waals surface area contributed by atoms with Crippen LogP contribution < -0.4 is 15.9 Å². The van der Waals surface area contributed by atoms with Crippen molar-refractivity contribution in [2.45, 2.75) is 6.92 Å². The molecule has 1 aromatic heterocycles. The molecular formula is C15H18N4O. The van der Waals surface area contributed by atoms with E-state index in [9.17, 15) is 4.79 Å². The Morgan fingerprint density at radius 2 is 1.85 bits per heavy atom. The molecule has 1 fully saturated rings. The van der Waals surface area contributed by atoms with Gasteiger partial charge in [0, 0.05) is 43.1 Å². The smallest absolute Gasteiger partial charge is 0.345 e. The molecule has 3 rings (SSSR count). The fraction of sp³-hybridized carbons (Fsp3) is 0.333. The molecule has 104 valence electrons.